The van der Waals surface area contributed by atoms with E-state index in [1.807, 2.05) is 30.3 Å². The fourth-order valence-electron chi connectivity index (χ4n) is 3.95. The lowest BCUT2D eigenvalue weighted by Gasteiger charge is -2.16. The molecule has 0 radical (unpaired) electrons. The third-order valence-electron chi connectivity index (χ3n) is 5.84. The summed E-state index contributed by atoms with van der Waals surface area (Å²) in [5, 5.41) is 2.96. The van der Waals surface area contributed by atoms with Crippen LogP contribution in [0.15, 0.2) is 64.3 Å². The third kappa shape index (κ3) is 4.01. The molecule has 0 amide bonds. The first kappa shape index (κ1) is 22.0. The van der Waals surface area contributed by atoms with Gasteiger partial charge < -0.3 is 5.32 Å². The molecule has 0 saturated carbocycles. The van der Waals surface area contributed by atoms with Crippen LogP contribution in [0.1, 0.15) is 28.9 Å². The van der Waals surface area contributed by atoms with E-state index in [1.165, 1.54) is 21.1 Å². The molecule has 0 spiro atoms. The van der Waals surface area contributed by atoms with Gasteiger partial charge in [0.25, 0.3) is 5.56 Å². The molecule has 1 fully saturated rings. The van der Waals surface area contributed by atoms with Crippen molar-refractivity contribution in [2.75, 3.05) is 25.0 Å². The Hall–Kier alpha value is -3.17. The predicted octanol–water partition coefficient (Wildman–Crippen LogP) is 2.56. The van der Waals surface area contributed by atoms with Crippen LogP contribution in [0.25, 0.3) is 5.69 Å². The molecule has 1 aliphatic heterocycles. The lowest BCUT2D eigenvalue weighted by atomic mass is 10.1. The summed E-state index contributed by atoms with van der Waals surface area (Å²) >= 11 is 0. The van der Waals surface area contributed by atoms with Crippen LogP contribution in [0.4, 0.5) is 5.69 Å². The molecule has 0 aliphatic carbocycles. The summed E-state index contributed by atoms with van der Waals surface area (Å²) in [6.45, 7) is 2.69. The van der Waals surface area contributed by atoms with Gasteiger partial charge in [-0.05, 0) is 44.0 Å². The average molecular weight is 455 g/mol. The zero-order valence-electron chi connectivity index (χ0n) is 18.1. The van der Waals surface area contributed by atoms with Crippen molar-refractivity contribution >= 4 is 21.5 Å². The lowest BCUT2D eigenvalue weighted by Crippen LogP contribution is -2.28. The van der Waals surface area contributed by atoms with E-state index in [0.29, 0.717) is 24.5 Å². The highest BCUT2D eigenvalue weighted by Gasteiger charge is 2.27. The molecule has 0 unspecified atom stereocenters. The molecule has 1 aliphatic rings. The van der Waals surface area contributed by atoms with Crippen molar-refractivity contribution in [2.45, 2.75) is 24.7 Å². The van der Waals surface area contributed by atoms with Gasteiger partial charge >= 0.3 is 0 Å². The number of aromatic nitrogens is 2. The van der Waals surface area contributed by atoms with E-state index >= 15 is 0 Å². The molecule has 8 nitrogen and oxygen atoms in total. The van der Waals surface area contributed by atoms with Crippen LogP contribution in [0.3, 0.4) is 0 Å². The van der Waals surface area contributed by atoms with E-state index in [1.54, 1.807) is 30.8 Å². The molecule has 0 bridgehead atoms. The summed E-state index contributed by atoms with van der Waals surface area (Å²) in [6.07, 6.45) is 1.69. The average Bonchev–Trinajstić information content (AvgIpc) is 3.42. The van der Waals surface area contributed by atoms with Gasteiger partial charge in [0.05, 0.1) is 22.8 Å². The number of nitrogens with zero attached hydrogens (tertiary/aromatic N) is 3. The minimum absolute atomic E-state index is 0.118. The van der Waals surface area contributed by atoms with Crippen LogP contribution < -0.4 is 10.9 Å². The summed E-state index contributed by atoms with van der Waals surface area (Å²) in [5.41, 5.74) is 1.79. The molecular weight excluding hydrogens is 428 g/mol. The Kier molecular flexibility index (Phi) is 6.03. The zero-order chi connectivity index (χ0) is 22.9. The minimum atomic E-state index is -3.60. The number of benzene rings is 2. The molecule has 3 aromatic rings. The number of hydrogen-bond donors (Lipinski definition) is 1. The van der Waals surface area contributed by atoms with Gasteiger partial charge in [-0.1, -0.05) is 30.3 Å². The Bertz CT molecular complexity index is 1300. The smallest absolute Gasteiger partial charge is 0.295 e. The number of Topliss-reactive ketones (excluding diaryl/α,β-unsaturated/α-hetero) is 1. The highest BCUT2D eigenvalue weighted by atomic mass is 32.2. The molecule has 1 saturated heterocycles. The van der Waals surface area contributed by atoms with Crippen LogP contribution in [-0.2, 0) is 17.1 Å². The third-order valence-corrected chi connectivity index (χ3v) is 7.73. The van der Waals surface area contributed by atoms with Crippen LogP contribution in [-0.4, -0.2) is 47.5 Å². The molecule has 2 heterocycles. The molecule has 0 atom stereocenters. The first-order valence-corrected chi connectivity index (χ1v) is 12.0. The highest BCUT2D eigenvalue weighted by Crippen LogP contribution is 2.22. The van der Waals surface area contributed by atoms with Crippen molar-refractivity contribution in [1.82, 2.24) is 13.7 Å². The molecule has 1 N–H and O–H groups in total. The second-order valence-corrected chi connectivity index (χ2v) is 9.79. The van der Waals surface area contributed by atoms with E-state index in [-0.39, 0.29) is 28.3 Å². The van der Waals surface area contributed by atoms with E-state index in [9.17, 15) is 18.0 Å². The van der Waals surface area contributed by atoms with Gasteiger partial charge in [-0.2, -0.15) is 4.31 Å². The summed E-state index contributed by atoms with van der Waals surface area (Å²) in [6, 6.07) is 15.3. The Labute approximate surface area is 187 Å². The Balaban J connectivity index is 1.55. The summed E-state index contributed by atoms with van der Waals surface area (Å²) in [5.74, 6) is -0.294. The standard InChI is InChI=1S/C23H26N4O4S/c1-17-22(23(29)27(25(17)2)19-10-4-3-5-11-19)24-16-21(28)18-9-8-12-20(15-18)32(30,31)26-13-6-7-14-26/h3-5,8-12,15,24H,6-7,13-14,16H2,1-2H3. The Morgan fingerprint density at radius 2 is 1.72 bits per heavy atom. The van der Waals surface area contributed by atoms with E-state index in [0.717, 1.165) is 18.5 Å². The molecule has 4 rings (SSSR count). The maximum Gasteiger partial charge on any atom is 0.295 e. The number of carbonyl (C=O) groups excluding carboxylic acids is 1. The SMILES string of the molecule is Cc1c(NCC(=O)c2cccc(S(=O)(=O)N3CCCC3)c2)c(=O)n(-c2ccccc2)n1C. The van der Waals surface area contributed by atoms with Crippen molar-refractivity contribution < 1.29 is 13.2 Å². The van der Waals surface area contributed by atoms with Crippen LogP contribution in [0.5, 0.6) is 0 Å². The number of hydrogen-bond acceptors (Lipinski definition) is 5. The number of ketones is 1. The van der Waals surface area contributed by atoms with Crippen LogP contribution >= 0.6 is 0 Å². The van der Waals surface area contributed by atoms with Crippen LogP contribution in [0.2, 0.25) is 0 Å². The highest BCUT2D eigenvalue weighted by molar-refractivity contribution is 7.89. The Morgan fingerprint density at radius 1 is 1.03 bits per heavy atom. The maximum absolute atomic E-state index is 13.0. The molecule has 2 aromatic carbocycles. The van der Waals surface area contributed by atoms with Crippen molar-refractivity contribution in [1.29, 1.82) is 0 Å². The minimum Gasteiger partial charge on any atom is -0.372 e. The van der Waals surface area contributed by atoms with E-state index in [4.69, 9.17) is 0 Å². The van der Waals surface area contributed by atoms with Gasteiger partial charge in [0.15, 0.2) is 5.78 Å². The fourth-order valence-corrected chi connectivity index (χ4v) is 5.51. The molecule has 32 heavy (non-hydrogen) atoms. The molecule has 168 valence electrons. The number of rotatable bonds is 7. The predicted molar refractivity (Wildman–Crippen MR) is 123 cm³/mol. The Morgan fingerprint density at radius 3 is 2.41 bits per heavy atom. The number of para-hydroxylation sites is 1. The van der Waals surface area contributed by atoms with Gasteiger partial charge in [-0.25, -0.2) is 13.1 Å². The second kappa shape index (κ2) is 8.76. The van der Waals surface area contributed by atoms with Crippen LogP contribution in [0, 0.1) is 6.92 Å². The maximum atomic E-state index is 13.0. The molecule has 9 heteroatoms. The van der Waals surface area contributed by atoms with Crippen molar-refractivity contribution in [2.24, 2.45) is 7.05 Å². The van der Waals surface area contributed by atoms with Gasteiger partial charge in [-0.3, -0.25) is 14.3 Å². The monoisotopic (exact) mass is 454 g/mol. The van der Waals surface area contributed by atoms with Gasteiger partial charge in [-0.15, -0.1) is 0 Å². The van der Waals surface area contributed by atoms with E-state index < -0.39 is 10.0 Å². The number of nitrogens with one attached hydrogen (secondary N) is 1. The van der Waals surface area contributed by atoms with Crippen molar-refractivity contribution in [3.05, 3.63) is 76.2 Å². The number of anilines is 1. The lowest BCUT2D eigenvalue weighted by molar-refractivity contribution is 0.101. The van der Waals surface area contributed by atoms with Gasteiger partial charge in [0.1, 0.15) is 5.69 Å². The molecular formula is C23H26N4O4S. The summed E-state index contributed by atoms with van der Waals surface area (Å²) in [4.78, 5) is 25.9. The topological polar surface area (TPSA) is 93.4 Å². The quantitative estimate of drug-likeness (QED) is 0.554. The normalized spacial score (nSPS) is 14.6. The first-order chi connectivity index (χ1) is 15.3. The number of sulfonamides is 1. The van der Waals surface area contributed by atoms with Crippen molar-refractivity contribution in [3.63, 3.8) is 0 Å². The zero-order valence-corrected chi connectivity index (χ0v) is 18.9. The first-order valence-electron chi connectivity index (χ1n) is 10.5. The van der Waals surface area contributed by atoms with Gasteiger partial charge in [0.2, 0.25) is 10.0 Å². The summed E-state index contributed by atoms with van der Waals surface area (Å²) in [7, 11) is -1.82. The summed E-state index contributed by atoms with van der Waals surface area (Å²) < 4.78 is 30.3. The fraction of sp³-hybridized carbons (Fsp3) is 0.304. The largest absolute Gasteiger partial charge is 0.372 e. The number of carbonyl (C=O) groups is 1. The second-order valence-electron chi connectivity index (χ2n) is 7.85. The van der Waals surface area contributed by atoms with Crippen molar-refractivity contribution in [3.8, 4) is 5.69 Å². The molecule has 1 aromatic heterocycles. The van der Waals surface area contributed by atoms with E-state index in [2.05, 4.69) is 5.32 Å². The van der Waals surface area contributed by atoms with Gasteiger partial charge in [0, 0.05) is 25.7 Å².